The van der Waals surface area contributed by atoms with Crippen molar-refractivity contribution in [3.05, 3.63) is 46.6 Å². The molecular formula is C20H24O4. The Labute approximate surface area is 142 Å². The van der Waals surface area contributed by atoms with E-state index in [0.29, 0.717) is 24.0 Å². The first-order valence-electron chi connectivity index (χ1n) is 8.54. The second-order valence-corrected chi connectivity index (χ2v) is 7.27. The van der Waals surface area contributed by atoms with E-state index in [0.717, 1.165) is 24.8 Å². The van der Waals surface area contributed by atoms with Crippen LogP contribution in [0.4, 0.5) is 0 Å². The third kappa shape index (κ3) is 2.85. The van der Waals surface area contributed by atoms with Crippen molar-refractivity contribution in [1.29, 1.82) is 0 Å². The number of carbonyl (C=O) groups is 2. The Kier molecular flexibility index (Phi) is 4.22. The molecule has 1 heterocycles. The van der Waals surface area contributed by atoms with Gasteiger partial charge in [0.2, 0.25) is 5.79 Å². The molecule has 1 N–H and O–H groups in total. The maximum Gasteiger partial charge on any atom is 0.214 e. The van der Waals surface area contributed by atoms with Gasteiger partial charge in [-0.3, -0.25) is 9.59 Å². The number of hydrogen-bond acceptors (Lipinski definition) is 4. The van der Waals surface area contributed by atoms with Crippen molar-refractivity contribution >= 4 is 11.6 Å². The summed E-state index contributed by atoms with van der Waals surface area (Å²) >= 11 is 0. The topological polar surface area (TPSA) is 63.6 Å². The van der Waals surface area contributed by atoms with Gasteiger partial charge in [0.1, 0.15) is 0 Å². The quantitative estimate of drug-likeness (QED) is 0.807. The number of rotatable bonds is 3. The molecule has 0 aromatic carbocycles. The van der Waals surface area contributed by atoms with Gasteiger partial charge >= 0.3 is 0 Å². The van der Waals surface area contributed by atoms with Crippen molar-refractivity contribution in [2.24, 2.45) is 0 Å². The Bertz CT molecular complexity index is 718. The second-order valence-electron chi connectivity index (χ2n) is 7.27. The number of Topliss-reactive ketones (excluding diaryl/α,β-unsaturated/α-hetero) is 1. The van der Waals surface area contributed by atoms with Gasteiger partial charge in [-0.1, -0.05) is 11.6 Å². The highest BCUT2D eigenvalue weighted by molar-refractivity contribution is 6.08. The predicted molar refractivity (Wildman–Crippen MR) is 91.2 cm³/mol. The van der Waals surface area contributed by atoms with Crippen molar-refractivity contribution in [3.63, 3.8) is 0 Å². The van der Waals surface area contributed by atoms with Crippen LogP contribution in [0.1, 0.15) is 52.9 Å². The van der Waals surface area contributed by atoms with E-state index in [1.165, 1.54) is 23.8 Å². The summed E-state index contributed by atoms with van der Waals surface area (Å²) in [5.41, 5.74) is 2.28. The Morgan fingerprint density at radius 1 is 1.33 bits per heavy atom. The van der Waals surface area contributed by atoms with Crippen LogP contribution >= 0.6 is 0 Å². The number of aliphatic hydroxyl groups is 1. The Morgan fingerprint density at radius 2 is 2.08 bits per heavy atom. The van der Waals surface area contributed by atoms with E-state index >= 15 is 0 Å². The fourth-order valence-corrected chi connectivity index (χ4v) is 3.85. The monoisotopic (exact) mass is 328 g/mol. The lowest BCUT2D eigenvalue weighted by Gasteiger charge is -2.48. The van der Waals surface area contributed by atoms with Crippen LogP contribution < -0.4 is 0 Å². The van der Waals surface area contributed by atoms with Crippen LogP contribution in [0, 0.1) is 0 Å². The highest BCUT2D eigenvalue weighted by atomic mass is 16.6. The zero-order chi connectivity index (χ0) is 17.5. The molecule has 4 nitrogen and oxygen atoms in total. The molecule has 0 unspecified atom stereocenters. The lowest BCUT2D eigenvalue weighted by Crippen LogP contribution is -2.52. The smallest absolute Gasteiger partial charge is 0.214 e. The number of hydrogen-bond donors (Lipinski definition) is 1. The molecule has 0 aromatic heterocycles. The van der Waals surface area contributed by atoms with Gasteiger partial charge in [-0.25, -0.2) is 0 Å². The normalized spacial score (nSPS) is 32.2. The molecule has 0 bridgehead atoms. The van der Waals surface area contributed by atoms with E-state index in [1.807, 2.05) is 20.8 Å². The van der Waals surface area contributed by atoms with E-state index in [-0.39, 0.29) is 11.6 Å². The fourth-order valence-electron chi connectivity index (χ4n) is 3.85. The van der Waals surface area contributed by atoms with Crippen LogP contribution in [0.2, 0.25) is 0 Å². The molecule has 1 aliphatic heterocycles. The highest BCUT2D eigenvalue weighted by Gasteiger charge is 2.51. The summed E-state index contributed by atoms with van der Waals surface area (Å²) in [7, 11) is 0. The van der Waals surface area contributed by atoms with E-state index in [2.05, 4.69) is 6.08 Å². The van der Waals surface area contributed by atoms with Gasteiger partial charge in [-0.05, 0) is 70.3 Å². The summed E-state index contributed by atoms with van der Waals surface area (Å²) in [5, 5.41) is 11.0. The van der Waals surface area contributed by atoms with Crippen molar-refractivity contribution in [1.82, 2.24) is 0 Å². The molecule has 2 atom stereocenters. The van der Waals surface area contributed by atoms with Gasteiger partial charge in [0, 0.05) is 17.6 Å². The molecule has 2 aliphatic carbocycles. The largest absolute Gasteiger partial charge is 0.359 e. The predicted octanol–water partition coefficient (Wildman–Crippen LogP) is 3.33. The minimum atomic E-state index is -1.69. The van der Waals surface area contributed by atoms with E-state index in [1.54, 1.807) is 0 Å². The van der Waals surface area contributed by atoms with Crippen LogP contribution in [0.5, 0.6) is 0 Å². The Hall–Kier alpha value is -1.78. The highest BCUT2D eigenvalue weighted by Crippen LogP contribution is 2.49. The minimum Gasteiger partial charge on any atom is -0.359 e. The molecule has 24 heavy (non-hydrogen) atoms. The molecule has 4 heteroatoms. The third-order valence-corrected chi connectivity index (χ3v) is 5.02. The molecule has 0 fully saturated rings. The zero-order valence-electron chi connectivity index (χ0n) is 14.5. The van der Waals surface area contributed by atoms with Crippen molar-refractivity contribution < 1.29 is 19.4 Å². The van der Waals surface area contributed by atoms with Crippen molar-refractivity contribution in [2.45, 2.75) is 64.3 Å². The molecule has 128 valence electrons. The number of carbonyl (C=O) groups excluding carboxylic acids is 2. The molecule has 3 aliphatic rings. The van der Waals surface area contributed by atoms with E-state index < -0.39 is 11.4 Å². The van der Waals surface area contributed by atoms with E-state index in [4.69, 9.17) is 4.74 Å². The fraction of sp³-hybridized carbons (Fsp3) is 0.500. The standard InChI is InChI=1S/C20H24O4/c1-13(2)6-5-10-19(3)15-7-4-8-17(22)18(15)16-12-14(21)9-11-20(16,23)24-19/h6,9,11-12,23H,4-5,7-8,10H2,1-3H3/t19-,20+/m1/s1. The molecule has 3 rings (SSSR count). The van der Waals surface area contributed by atoms with Crippen LogP contribution in [-0.2, 0) is 14.3 Å². The lowest BCUT2D eigenvalue weighted by molar-refractivity contribution is -0.207. The minimum absolute atomic E-state index is 0.000708. The summed E-state index contributed by atoms with van der Waals surface area (Å²) in [4.78, 5) is 24.4. The first-order valence-corrected chi connectivity index (χ1v) is 8.54. The maximum atomic E-state index is 12.6. The number of fused-ring (bicyclic) bond motifs is 2. The lowest BCUT2D eigenvalue weighted by atomic mass is 9.71. The number of ether oxygens (including phenoxy) is 1. The number of allylic oxidation sites excluding steroid dienone is 4. The van der Waals surface area contributed by atoms with Gasteiger partial charge in [0.05, 0.1) is 5.60 Å². The second kappa shape index (κ2) is 5.94. The van der Waals surface area contributed by atoms with Crippen LogP contribution in [-0.4, -0.2) is 28.1 Å². The zero-order valence-corrected chi connectivity index (χ0v) is 14.5. The van der Waals surface area contributed by atoms with Crippen LogP contribution in [0.3, 0.4) is 0 Å². The van der Waals surface area contributed by atoms with E-state index in [9.17, 15) is 14.7 Å². The van der Waals surface area contributed by atoms with Gasteiger partial charge in [-0.15, -0.1) is 0 Å². The van der Waals surface area contributed by atoms with Crippen LogP contribution in [0.15, 0.2) is 46.6 Å². The molecule has 0 radical (unpaired) electrons. The van der Waals surface area contributed by atoms with Gasteiger partial charge in [0.25, 0.3) is 0 Å². The van der Waals surface area contributed by atoms with Gasteiger partial charge < -0.3 is 9.84 Å². The molecule has 0 spiro atoms. The van der Waals surface area contributed by atoms with Gasteiger partial charge in [-0.2, -0.15) is 0 Å². The summed E-state index contributed by atoms with van der Waals surface area (Å²) in [6, 6.07) is 0. The van der Waals surface area contributed by atoms with Crippen molar-refractivity contribution in [3.8, 4) is 0 Å². The molecule has 0 saturated carbocycles. The SMILES string of the molecule is CC(C)=CCC[C@@]1(C)O[C@@]2(O)C=CC(=O)C=C2C2=C1CCCC2=O. The molecule has 0 aromatic rings. The Balaban J connectivity index is 2.10. The van der Waals surface area contributed by atoms with Crippen LogP contribution in [0.25, 0.3) is 0 Å². The van der Waals surface area contributed by atoms with Gasteiger partial charge in [0.15, 0.2) is 11.6 Å². The first-order chi connectivity index (χ1) is 11.3. The molecule has 0 saturated heterocycles. The summed E-state index contributed by atoms with van der Waals surface area (Å²) in [5.74, 6) is -1.92. The number of ketones is 2. The Morgan fingerprint density at radius 3 is 2.79 bits per heavy atom. The average molecular weight is 328 g/mol. The summed E-state index contributed by atoms with van der Waals surface area (Å²) in [6.07, 6.45) is 9.64. The maximum absolute atomic E-state index is 12.6. The first kappa shape index (κ1) is 17.1. The summed E-state index contributed by atoms with van der Waals surface area (Å²) in [6.45, 7) is 6.03. The summed E-state index contributed by atoms with van der Waals surface area (Å²) < 4.78 is 6.12. The molecule has 0 amide bonds. The average Bonchev–Trinajstić information content (AvgIpc) is 2.49. The third-order valence-electron chi connectivity index (χ3n) is 5.02. The van der Waals surface area contributed by atoms with Crippen molar-refractivity contribution in [2.75, 3.05) is 0 Å². The molecular weight excluding hydrogens is 304 g/mol.